The van der Waals surface area contributed by atoms with Gasteiger partial charge in [0.1, 0.15) is 0 Å². The zero-order valence-corrected chi connectivity index (χ0v) is 20.7. The molecule has 0 saturated carbocycles. The number of benzene rings is 6. The molecule has 8 rings (SSSR count). The minimum atomic E-state index is 0.443. The van der Waals surface area contributed by atoms with Gasteiger partial charge >= 0.3 is 0 Å². The Morgan fingerprint density at radius 3 is 1.36 bits per heavy atom. The molecule has 0 aromatic heterocycles. The fourth-order valence-corrected chi connectivity index (χ4v) is 7.06. The highest BCUT2D eigenvalue weighted by atomic mass is 15.2. The Morgan fingerprint density at radius 2 is 0.889 bits per heavy atom. The van der Waals surface area contributed by atoms with Crippen LogP contribution >= 0.6 is 0 Å². The lowest BCUT2D eigenvalue weighted by Gasteiger charge is -2.29. The Labute approximate surface area is 211 Å². The van der Waals surface area contributed by atoms with Gasteiger partial charge in [-0.15, -0.1) is 0 Å². The first-order chi connectivity index (χ1) is 17.7. The van der Waals surface area contributed by atoms with E-state index in [2.05, 4.69) is 121 Å². The summed E-state index contributed by atoms with van der Waals surface area (Å²) in [6.07, 6.45) is 2.18. The van der Waals surface area contributed by atoms with E-state index in [0.717, 1.165) is 12.8 Å². The molecule has 0 radical (unpaired) electrons. The summed E-state index contributed by atoms with van der Waals surface area (Å²) in [4.78, 5) is 5.11. The molecule has 2 aliphatic heterocycles. The molecule has 0 amide bonds. The minimum Gasteiger partial charge on any atom is -0.338 e. The Kier molecular flexibility index (Phi) is 4.06. The molecular formula is C34H28N2. The van der Waals surface area contributed by atoms with E-state index in [1.807, 2.05) is 0 Å². The van der Waals surface area contributed by atoms with E-state index in [1.54, 1.807) is 0 Å². The number of anilines is 4. The van der Waals surface area contributed by atoms with Gasteiger partial charge in [0.05, 0.1) is 0 Å². The molecule has 1 unspecified atom stereocenters. The zero-order chi connectivity index (χ0) is 24.0. The van der Waals surface area contributed by atoms with Crippen molar-refractivity contribution in [2.75, 3.05) is 9.80 Å². The normalized spacial score (nSPS) is 19.1. The molecule has 6 aromatic carbocycles. The molecule has 2 atom stereocenters. The number of fused-ring (bicyclic) bond motifs is 2. The second-order valence-corrected chi connectivity index (χ2v) is 10.7. The topological polar surface area (TPSA) is 6.48 Å². The van der Waals surface area contributed by atoms with Crippen molar-refractivity contribution < 1.29 is 0 Å². The van der Waals surface area contributed by atoms with Crippen molar-refractivity contribution in [1.82, 2.24) is 0 Å². The quantitative estimate of drug-likeness (QED) is 0.236. The first-order valence-corrected chi connectivity index (χ1v) is 13.1. The maximum atomic E-state index is 2.56. The molecule has 2 heterocycles. The van der Waals surface area contributed by atoms with Crippen LogP contribution in [0, 0.1) is 0 Å². The predicted octanol–water partition coefficient (Wildman–Crippen LogP) is 8.75. The van der Waals surface area contributed by atoms with Gasteiger partial charge in [-0.25, -0.2) is 0 Å². The van der Waals surface area contributed by atoms with E-state index >= 15 is 0 Å². The van der Waals surface area contributed by atoms with Gasteiger partial charge in [-0.05, 0) is 83.6 Å². The SMILES string of the molecule is CC1Cc2ccccc2N1c1ccc2ccc3c(N4c5ccccc5C[C@H]4C)ccc4ccc1c2c43. The number of rotatable bonds is 2. The Morgan fingerprint density at radius 1 is 0.472 bits per heavy atom. The molecule has 6 aromatic rings. The van der Waals surface area contributed by atoms with Gasteiger partial charge in [-0.1, -0.05) is 72.8 Å². The van der Waals surface area contributed by atoms with Gasteiger partial charge in [0, 0.05) is 45.6 Å². The van der Waals surface area contributed by atoms with Crippen molar-refractivity contribution in [3.8, 4) is 0 Å². The summed E-state index contributed by atoms with van der Waals surface area (Å²) in [5.41, 5.74) is 8.23. The van der Waals surface area contributed by atoms with Crippen LogP contribution in [-0.2, 0) is 12.8 Å². The van der Waals surface area contributed by atoms with Gasteiger partial charge in [0.15, 0.2) is 0 Å². The maximum Gasteiger partial charge on any atom is 0.0493 e. The highest BCUT2D eigenvalue weighted by Crippen LogP contribution is 2.48. The van der Waals surface area contributed by atoms with Gasteiger partial charge in [0.25, 0.3) is 0 Å². The third-order valence-electron chi connectivity index (χ3n) is 8.55. The van der Waals surface area contributed by atoms with E-state index in [4.69, 9.17) is 0 Å². The van der Waals surface area contributed by atoms with Crippen LogP contribution in [0.4, 0.5) is 22.7 Å². The highest BCUT2D eigenvalue weighted by molar-refractivity contribution is 6.27. The second kappa shape index (κ2) is 7.24. The third kappa shape index (κ3) is 2.62. The standard InChI is InChI=1S/C34H28N2/c1-21-19-25-7-3-5-9-29(25)35(21)31-17-13-23-12-16-28-32(18-14-24-11-15-27(31)33(23)34(24)28)36-22(2)20-26-8-4-6-10-30(26)36/h3-18,21-22H,19-20H2,1-2H3/t21-,22?/m1/s1. The summed E-state index contributed by atoms with van der Waals surface area (Å²) in [6.45, 7) is 4.70. The Balaban J connectivity index is 1.40. The summed E-state index contributed by atoms with van der Waals surface area (Å²) in [7, 11) is 0. The molecule has 2 heteroatoms. The molecule has 2 aliphatic rings. The van der Waals surface area contributed by atoms with Crippen molar-refractivity contribution in [2.24, 2.45) is 0 Å². The molecule has 0 N–H and O–H groups in total. The first kappa shape index (κ1) is 20.2. The molecule has 0 spiro atoms. The van der Waals surface area contributed by atoms with Crippen LogP contribution in [0.15, 0.2) is 97.1 Å². The van der Waals surface area contributed by atoms with Gasteiger partial charge in [0.2, 0.25) is 0 Å². The molecule has 174 valence electrons. The maximum absolute atomic E-state index is 2.56. The van der Waals surface area contributed by atoms with Gasteiger partial charge in [-0.2, -0.15) is 0 Å². The van der Waals surface area contributed by atoms with E-state index in [9.17, 15) is 0 Å². The summed E-state index contributed by atoms with van der Waals surface area (Å²) in [6, 6.07) is 37.3. The molecule has 0 bridgehead atoms. The zero-order valence-electron chi connectivity index (χ0n) is 20.7. The lowest BCUT2D eigenvalue weighted by Crippen LogP contribution is -2.24. The number of hydrogen-bond acceptors (Lipinski definition) is 2. The molecule has 0 fully saturated rings. The van der Waals surface area contributed by atoms with Crippen LogP contribution in [0.5, 0.6) is 0 Å². The molecule has 36 heavy (non-hydrogen) atoms. The number of nitrogens with zero attached hydrogens (tertiary/aromatic N) is 2. The monoisotopic (exact) mass is 464 g/mol. The van der Waals surface area contributed by atoms with E-state index in [0.29, 0.717) is 12.1 Å². The van der Waals surface area contributed by atoms with E-state index in [1.165, 1.54) is 66.2 Å². The average Bonchev–Trinajstić information content (AvgIpc) is 3.42. The fourth-order valence-electron chi connectivity index (χ4n) is 7.06. The highest BCUT2D eigenvalue weighted by Gasteiger charge is 2.30. The molecular weight excluding hydrogens is 436 g/mol. The average molecular weight is 465 g/mol. The van der Waals surface area contributed by atoms with Crippen LogP contribution in [0.2, 0.25) is 0 Å². The third-order valence-corrected chi connectivity index (χ3v) is 8.55. The smallest absolute Gasteiger partial charge is 0.0493 e. The Bertz CT molecular complexity index is 1670. The van der Waals surface area contributed by atoms with Crippen molar-refractivity contribution in [2.45, 2.75) is 38.8 Å². The lowest BCUT2D eigenvalue weighted by atomic mass is 9.92. The molecule has 0 aliphatic carbocycles. The molecule has 2 nitrogen and oxygen atoms in total. The summed E-state index contributed by atoms with van der Waals surface area (Å²) >= 11 is 0. The minimum absolute atomic E-state index is 0.443. The van der Waals surface area contributed by atoms with Crippen LogP contribution in [-0.4, -0.2) is 12.1 Å². The van der Waals surface area contributed by atoms with Crippen molar-refractivity contribution in [3.63, 3.8) is 0 Å². The van der Waals surface area contributed by atoms with Crippen LogP contribution in [0.1, 0.15) is 25.0 Å². The van der Waals surface area contributed by atoms with E-state index in [-0.39, 0.29) is 0 Å². The largest absolute Gasteiger partial charge is 0.338 e. The Hall–Kier alpha value is -4.04. The summed E-state index contributed by atoms with van der Waals surface area (Å²) in [5, 5.41) is 8.11. The van der Waals surface area contributed by atoms with Gasteiger partial charge in [-0.3, -0.25) is 0 Å². The fraction of sp³-hybridized carbons (Fsp3) is 0.176. The summed E-state index contributed by atoms with van der Waals surface area (Å²) < 4.78 is 0. The van der Waals surface area contributed by atoms with Crippen molar-refractivity contribution in [1.29, 1.82) is 0 Å². The van der Waals surface area contributed by atoms with Crippen LogP contribution in [0.25, 0.3) is 32.3 Å². The van der Waals surface area contributed by atoms with E-state index < -0.39 is 0 Å². The van der Waals surface area contributed by atoms with Gasteiger partial charge < -0.3 is 9.80 Å². The second-order valence-electron chi connectivity index (χ2n) is 10.7. The predicted molar refractivity (Wildman–Crippen MR) is 154 cm³/mol. The van der Waals surface area contributed by atoms with Crippen LogP contribution < -0.4 is 9.80 Å². The van der Waals surface area contributed by atoms with Crippen LogP contribution in [0.3, 0.4) is 0 Å². The number of para-hydroxylation sites is 2. The number of hydrogen-bond donors (Lipinski definition) is 0. The summed E-state index contributed by atoms with van der Waals surface area (Å²) in [5.74, 6) is 0. The van der Waals surface area contributed by atoms with Crippen molar-refractivity contribution in [3.05, 3.63) is 108 Å². The lowest BCUT2D eigenvalue weighted by molar-refractivity contribution is 0.760. The molecule has 0 saturated heterocycles. The first-order valence-electron chi connectivity index (χ1n) is 13.1. The van der Waals surface area contributed by atoms with Crippen molar-refractivity contribution >= 4 is 55.1 Å².